The monoisotopic (exact) mass is 574 g/mol. The van der Waals surface area contributed by atoms with E-state index in [-0.39, 0.29) is 11.5 Å². The van der Waals surface area contributed by atoms with Crippen LogP contribution in [-0.4, -0.2) is 49.2 Å². The van der Waals surface area contributed by atoms with Crippen molar-refractivity contribution in [3.8, 4) is 0 Å². The lowest BCUT2D eigenvalue weighted by Gasteiger charge is -2.32. The van der Waals surface area contributed by atoms with E-state index in [0.29, 0.717) is 37.4 Å². The van der Waals surface area contributed by atoms with Gasteiger partial charge in [0, 0.05) is 6.20 Å². The predicted molar refractivity (Wildman–Crippen MR) is 164 cm³/mol. The molecule has 2 fully saturated rings. The molecular weight excluding hydrogens is 516 g/mol. The van der Waals surface area contributed by atoms with Gasteiger partial charge in [-0.1, -0.05) is 77.6 Å². The number of pyridine rings is 1. The van der Waals surface area contributed by atoms with Crippen molar-refractivity contribution in [3.05, 3.63) is 23.9 Å². The number of hydrogen-bond acceptors (Lipinski definition) is 6. The molecular formula is C34H58N2O5. The van der Waals surface area contributed by atoms with Crippen LogP contribution in [0.2, 0.25) is 0 Å². The molecule has 234 valence electrons. The van der Waals surface area contributed by atoms with E-state index in [4.69, 9.17) is 5.73 Å². The summed E-state index contributed by atoms with van der Waals surface area (Å²) in [6, 6.07) is 3.94. The lowest BCUT2D eigenvalue weighted by atomic mass is 9.73. The second-order valence-corrected chi connectivity index (χ2v) is 13.6. The first-order chi connectivity index (χ1) is 19.7. The number of nitrogens with two attached hydrogens (primary N) is 1. The first-order valence-electron chi connectivity index (χ1n) is 16.7. The SMILES string of the molecule is CCCCCCC[C@H](O)CCCCCC[C@H](C(=O)O)[C@H](O)CC[C@@]1(O)C[C@@H](Cc2ccnc(N)c2)C2(CCCC2)C1. The number of hydrogen-bond donors (Lipinski definition) is 5. The number of aliphatic carboxylic acids is 1. The van der Waals surface area contributed by atoms with Gasteiger partial charge in [-0.05, 0) is 93.2 Å². The Hall–Kier alpha value is -1.70. The maximum atomic E-state index is 12.0. The fourth-order valence-corrected chi connectivity index (χ4v) is 7.92. The Kier molecular flexibility index (Phi) is 13.9. The Morgan fingerprint density at radius 3 is 2.24 bits per heavy atom. The largest absolute Gasteiger partial charge is 0.481 e. The topological polar surface area (TPSA) is 137 Å². The molecule has 41 heavy (non-hydrogen) atoms. The van der Waals surface area contributed by atoms with Crippen molar-refractivity contribution in [1.29, 1.82) is 0 Å². The zero-order valence-corrected chi connectivity index (χ0v) is 25.6. The molecule has 0 aliphatic heterocycles. The third-order valence-electron chi connectivity index (χ3n) is 10.2. The number of carboxylic acids is 1. The van der Waals surface area contributed by atoms with Gasteiger partial charge in [-0.25, -0.2) is 4.98 Å². The number of aliphatic hydroxyl groups excluding tert-OH is 2. The van der Waals surface area contributed by atoms with E-state index in [0.717, 1.165) is 76.2 Å². The van der Waals surface area contributed by atoms with Crippen molar-refractivity contribution in [3.63, 3.8) is 0 Å². The normalized spacial score (nSPS) is 24.0. The van der Waals surface area contributed by atoms with Crippen LogP contribution < -0.4 is 5.73 Å². The standard InChI is InChI=1S/C34H58N2O5/c1-2-3-4-5-8-13-28(37)14-9-6-7-10-15-29(32(39)40)30(38)16-20-34(41)24-27(33(25-34)18-11-12-19-33)22-26-17-21-36-31(35)23-26/h17,21,23,27-30,37-38,41H,2-16,18-20,22,24-25H2,1H3,(H2,35,36)(H,39,40)/t27-,28+,29+,30-,34-/m1/s1. The molecule has 0 bridgehead atoms. The third kappa shape index (κ3) is 10.8. The first-order valence-corrected chi connectivity index (χ1v) is 16.7. The number of carboxylic acid groups (broad SMARTS) is 1. The van der Waals surface area contributed by atoms with Crippen LogP contribution in [0.5, 0.6) is 0 Å². The van der Waals surface area contributed by atoms with E-state index in [2.05, 4.69) is 11.9 Å². The minimum atomic E-state index is -0.954. The summed E-state index contributed by atoms with van der Waals surface area (Å²) in [6.07, 6.45) is 20.0. The number of unbranched alkanes of at least 4 members (excludes halogenated alkanes) is 7. The fourth-order valence-electron chi connectivity index (χ4n) is 7.92. The van der Waals surface area contributed by atoms with Gasteiger partial charge >= 0.3 is 5.97 Å². The van der Waals surface area contributed by atoms with E-state index < -0.39 is 23.6 Å². The zero-order valence-electron chi connectivity index (χ0n) is 25.6. The Balaban J connectivity index is 1.40. The van der Waals surface area contributed by atoms with Crippen molar-refractivity contribution in [2.45, 2.75) is 160 Å². The summed E-state index contributed by atoms with van der Waals surface area (Å²) in [7, 11) is 0. The predicted octanol–water partition coefficient (Wildman–Crippen LogP) is 6.81. The highest BCUT2D eigenvalue weighted by Crippen LogP contribution is 2.59. The summed E-state index contributed by atoms with van der Waals surface area (Å²) < 4.78 is 0. The number of aromatic nitrogens is 1. The molecule has 0 saturated heterocycles. The molecule has 2 aliphatic carbocycles. The number of nitrogen functional groups attached to an aromatic ring is 1. The van der Waals surface area contributed by atoms with Crippen molar-refractivity contribution < 1.29 is 25.2 Å². The molecule has 1 heterocycles. The fraction of sp³-hybridized carbons (Fsp3) is 0.824. The molecule has 0 aromatic carbocycles. The van der Waals surface area contributed by atoms with Gasteiger partial charge in [0.15, 0.2) is 0 Å². The van der Waals surface area contributed by atoms with Gasteiger partial charge in [-0.2, -0.15) is 0 Å². The third-order valence-corrected chi connectivity index (χ3v) is 10.2. The smallest absolute Gasteiger partial charge is 0.309 e. The van der Waals surface area contributed by atoms with Crippen LogP contribution in [0.4, 0.5) is 5.82 Å². The summed E-state index contributed by atoms with van der Waals surface area (Å²) >= 11 is 0. The lowest BCUT2D eigenvalue weighted by molar-refractivity contribution is -0.146. The van der Waals surface area contributed by atoms with Crippen LogP contribution in [0.25, 0.3) is 0 Å². The Morgan fingerprint density at radius 1 is 1.00 bits per heavy atom. The molecule has 3 rings (SSSR count). The molecule has 2 aliphatic rings. The van der Waals surface area contributed by atoms with E-state index >= 15 is 0 Å². The summed E-state index contributed by atoms with van der Waals surface area (Å²) in [5.41, 5.74) is 6.32. The minimum Gasteiger partial charge on any atom is -0.481 e. The van der Waals surface area contributed by atoms with E-state index in [1.807, 2.05) is 12.1 Å². The van der Waals surface area contributed by atoms with E-state index in [1.165, 1.54) is 38.5 Å². The summed E-state index contributed by atoms with van der Waals surface area (Å²) in [5, 5.41) is 42.6. The summed E-state index contributed by atoms with van der Waals surface area (Å²) in [6.45, 7) is 2.21. The zero-order chi connectivity index (χ0) is 29.7. The molecule has 2 saturated carbocycles. The average molecular weight is 575 g/mol. The number of carbonyl (C=O) groups is 1. The Morgan fingerprint density at radius 2 is 1.63 bits per heavy atom. The van der Waals surface area contributed by atoms with E-state index in [9.17, 15) is 25.2 Å². The van der Waals surface area contributed by atoms with Crippen LogP contribution in [0.1, 0.15) is 141 Å². The molecule has 1 aromatic heterocycles. The second-order valence-electron chi connectivity index (χ2n) is 13.6. The van der Waals surface area contributed by atoms with Crippen LogP contribution in [0, 0.1) is 17.3 Å². The summed E-state index contributed by atoms with van der Waals surface area (Å²) in [4.78, 5) is 16.1. The molecule has 1 aromatic rings. The number of anilines is 1. The Labute approximate surface area is 248 Å². The van der Waals surface area contributed by atoms with Crippen molar-refractivity contribution in [1.82, 2.24) is 4.98 Å². The molecule has 0 radical (unpaired) electrons. The van der Waals surface area contributed by atoms with Gasteiger partial charge in [0.2, 0.25) is 0 Å². The highest BCUT2D eigenvalue weighted by molar-refractivity contribution is 5.70. The number of rotatable bonds is 20. The minimum absolute atomic E-state index is 0.118. The molecule has 1 spiro atoms. The molecule has 6 N–H and O–H groups in total. The van der Waals surface area contributed by atoms with Crippen LogP contribution in [-0.2, 0) is 11.2 Å². The average Bonchev–Trinajstić information content (AvgIpc) is 3.50. The van der Waals surface area contributed by atoms with Gasteiger partial charge in [0.1, 0.15) is 5.82 Å². The molecule has 7 heteroatoms. The summed E-state index contributed by atoms with van der Waals surface area (Å²) in [5.74, 6) is -0.881. The molecule has 0 amide bonds. The first kappa shape index (κ1) is 33.8. The molecule has 5 atom stereocenters. The van der Waals surface area contributed by atoms with Crippen LogP contribution in [0.15, 0.2) is 18.3 Å². The van der Waals surface area contributed by atoms with E-state index in [1.54, 1.807) is 6.20 Å². The van der Waals surface area contributed by atoms with Gasteiger partial charge in [0.25, 0.3) is 0 Å². The van der Waals surface area contributed by atoms with Crippen molar-refractivity contribution in [2.24, 2.45) is 17.3 Å². The maximum absolute atomic E-state index is 12.0. The molecule has 7 nitrogen and oxygen atoms in total. The van der Waals surface area contributed by atoms with Gasteiger partial charge in [-0.3, -0.25) is 4.79 Å². The highest BCUT2D eigenvalue weighted by atomic mass is 16.4. The Bertz CT molecular complexity index is 905. The van der Waals surface area contributed by atoms with Gasteiger partial charge < -0.3 is 26.2 Å². The van der Waals surface area contributed by atoms with Crippen molar-refractivity contribution >= 4 is 11.8 Å². The van der Waals surface area contributed by atoms with Gasteiger partial charge in [0.05, 0.1) is 23.7 Å². The highest BCUT2D eigenvalue weighted by Gasteiger charge is 2.54. The van der Waals surface area contributed by atoms with Crippen LogP contribution in [0.3, 0.4) is 0 Å². The van der Waals surface area contributed by atoms with Crippen LogP contribution >= 0.6 is 0 Å². The lowest BCUT2D eigenvalue weighted by Crippen LogP contribution is -2.33. The molecule has 0 unspecified atom stereocenters. The van der Waals surface area contributed by atoms with Crippen molar-refractivity contribution in [2.75, 3.05) is 5.73 Å². The number of aliphatic hydroxyl groups is 3. The number of nitrogens with zero attached hydrogens (tertiary/aromatic N) is 1. The van der Waals surface area contributed by atoms with Gasteiger partial charge in [-0.15, -0.1) is 0 Å². The maximum Gasteiger partial charge on any atom is 0.309 e. The second kappa shape index (κ2) is 16.8. The quantitative estimate of drug-likeness (QED) is 0.108.